The van der Waals surface area contributed by atoms with E-state index in [2.05, 4.69) is 4.74 Å². The highest BCUT2D eigenvalue weighted by molar-refractivity contribution is 8.04. The molecule has 0 aromatic carbocycles. The molecule has 0 amide bonds. The fourth-order valence-electron chi connectivity index (χ4n) is 0.219. The van der Waals surface area contributed by atoms with E-state index in [1.165, 1.54) is 0 Å². The molecule has 0 unspecified atom stereocenters. The summed E-state index contributed by atoms with van der Waals surface area (Å²) in [4.78, 5) is 0. The van der Waals surface area contributed by atoms with Crippen molar-refractivity contribution in [3.63, 3.8) is 0 Å². The molecule has 1 aliphatic rings. The molecular weight excluding hydrogens is 107 g/mol. The molecule has 0 aliphatic carbocycles. The molecule has 0 aromatic heterocycles. The molecule has 0 N–H and O–H groups in total. The Balaban J connectivity index is 0.000000360. The van der Waals surface area contributed by atoms with Crippen LogP contribution in [0.15, 0.2) is 23.3 Å². The lowest BCUT2D eigenvalue weighted by Crippen LogP contribution is -1.65. The predicted octanol–water partition coefficient (Wildman–Crippen LogP) is 0.508. The van der Waals surface area contributed by atoms with Gasteiger partial charge in [-0.15, -0.1) is 0 Å². The van der Waals surface area contributed by atoms with E-state index in [4.69, 9.17) is 0 Å². The second kappa shape index (κ2) is 3.87. The highest BCUT2D eigenvalue weighted by Crippen LogP contribution is 2.07. The van der Waals surface area contributed by atoms with Crippen LogP contribution in [0.1, 0.15) is 0 Å². The average Bonchev–Trinajstić information content (AvgIpc) is 1.72. The summed E-state index contributed by atoms with van der Waals surface area (Å²) in [5.74, 6) is 0. The molecule has 3 heteroatoms. The Kier molecular flexibility index (Phi) is 3.70. The van der Waals surface area contributed by atoms with Gasteiger partial charge in [-0.2, -0.15) is 0 Å². The second-order valence-corrected chi connectivity index (χ2v) is 1.63. The maximum atomic E-state index is 4.69. The molecule has 0 spiro atoms. The molecule has 0 saturated carbocycles. The number of rotatable bonds is 0. The molecule has 0 aromatic rings. The van der Waals surface area contributed by atoms with Crippen molar-refractivity contribution in [2.75, 3.05) is 0 Å². The van der Waals surface area contributed by atoms with Crippen LogP contribution in [0.2, 0.25) is 0 Å². The summed E-state index contributed by atoms with van der Waals surface area (Å²) in [6, 6.07) is 0. The predicted molar refractivity (Wildman–Crippen MR) is 36.9 cm³/mol. The van der Waals surface area contributed by atoms with E-state index in [9.17, 15) is 0 Å². The number of hydrogen-bond donors (Lipinski definition) is 0. The SMILES string of the molecule is B.C1=CSC=CO1. The first-order valence-corrected chi connectivity index (χ1v) is 2.55. The van der Waals surface area contributed by atoms with Crippen LogP contribution >= 0.6 is 11.8 Å². The Morgan fingerprint density at radius 2 is 1.71 bits per heavy atom. The van der Waals surface area contributed by atoms with Gasteiger partial charge in [0.2, 0.25) is 0 Å². The monoisotopic (exact) mass is 114 g/mol. The Hall–Kier alpha value is -0.305. The fourth-order valence-corrected chi connectivity index (χ4v) is 0.566. The maximum Gasteiger partial charge on any atom is 0.0968 e. The van der Waals surface area contributed by atoms with Crippen molar-refractivity contribution >= 4 is 20.2 Å². The molecule has 1 aliphatic heterocycles. The standard InChI is InChI=1S/C4H4OS.BH3/c1-3-6-4-2-5-1;/h1-4H;1H3. The summed E-state index contributed by atoms with van der Waals surface area (Å²) in [5, 5.41) is 3.75. The lowest BCUT2D eigenvalue weighted by atomic mass is 10.8. The van der Waals surface area contributed by atoms with E-state index in [1.807, 2.05) is 10.8 Å². The molecule has 1 rings (SSSR count). The van der Waals surface area contributed by atoms with Crippen molar-refractivity contribution in [1.82, 2.24) is 0 Å². The van der Waals surface area contributed by atoms with Gasteiger partial charge < -0.3 is 4.74 Å². The Morgan fingerprint density at radius 1 is 1.14 bits per heavy atom. The fraction of sp³-hybridized carbons (Fsp3) is 0. The van der Waals surface area contributed by atoms with E-state index in [0.717, 1.165) is 0 Å². The van der Waals surface area contributed by atoms with Crippen LogP contribution in [0.3, 0.4) is 0 Å². The molecule has 0 radical (unpaired) electrons. The van der Waals surface area contributed by atoms with Crippen molar-refractivity contribution in [2.45, 2.75) is 0 Å². The quantitative estimate of drug-likeness (QED) is 0.424. The van der Waals surface area contributed by atoms with E-state index >= 15 is 0 Å². The second-order valence-electron chi connectivity index (χ2n) is 0.816. The van der Waals surface area contributed by atoms with Crippen molar-refractivity contribution < 1.29 is 4.74 Å². The van der Waals surface area contributed by atoms with E-state index in [-0.39, 0.29) is 8.41 Å². The third kappa shape index (κ3) is 2.40. The first-order valence-electron chi connectivity index (χ1n) is 1.61. The van der Waals surface area contributed by atoms with Crippen LogP contribution in [0.25, 0.3) is 0 Å². The normalized spacial score (nSPS) is 14.9. The van der Waals surface area contributed by atoms with Crippen LogP contribution < -0.4 is 0 Å². The van der Waals surface area contributed by atoms with Crippen molar-refractivity contribution in [2.24, 2.45) is 0 Å². The highest BCUT2D eigenvalue weighted by atomic mass is 32.2. The third-order valence-corrected chi connectivity index (χ3v) is 0.962. The molecule has 0 saturated heterocycles. The van der Waals surface area contributed by atoms with Crippen molar-refractivity contribution in [3.05, 3.63) is 23.3 Å². The van der Waals surface area contributed by atoms with Gasteiger partial charge in [0.15, 0.2) is 0 Å². The summed E-state index contributed by atoms with van der Waals surface area (Å²) in [7, 11) is 0. The van der Waals surface area contributed by atoms with E-state index < -0.39 is 0 Å². The lowest BCUT2D eigenvalue weighted by molar-refractivity contribution is 0.404. The average molecular weight is 114 g/mol. The molecule has 1 heterocycles. The largest absolute Gasteiger partial charge is 0.472 e. The van der Waals surface area contributed by atoms with Crippen molar-refractivity contribution in [3.8, 4) is 0 Å². The van der Waals surface area contributed by atoms with Gasteiger partial charge in [-0.05, 0) is 0 Å². The van der Waals surface area contributed by atoms with Crippen LogP contribution in [-0.2, 0) is 4.74 Å². The van der Waals surface area contributed by atoms with Gasteiger partial charge in [0.25, 0.3) is 0 Å². The minimum absolute atomic E-state index is 0. The minimum atomic E-state index is 0. The van der Waals surface area contributed by atoms with Gasteiger partial charge in [-0.25, -0.2) is 0 Å². The molecule has 38 valence electrons. The van der Waals surface area contributed by atoms with Crippen LogP contribution in [0.4, 0.5) is 0 Å². The molecule has 0 bridgehead atoms. The number of hydrogen-bond acceptors (Lipinski definition) is 2. The number of thioether (sulfide) groups is 1. The Labute approximate surface area is 49.0 Å². The number of ether oxygens (including phenoxy) is 1. The zero-order chi connectivity index (χ0) is 4.24. The van der Waals surface area contributed by atoms with Crippen LogP contribution in [0, 0.1) is 0 Å². The maximum absolute atomic E-state index is 4.69. The first kappa shape index (κ1) is 6.69. The minimum Gasteiger partial charge on any atom is -0.472 e. The molecule has 0 atom stereocenters. The highest BCUT2D eigenvalue weighted by Gasteiger charge is 1.76. The topological polar surface area (TPSA) is 9.23 Å². The zero-order valence-electron chi connectivity index (χ0n) is 3.13. The molecule has 7 heavy (non-hydrogen) atoms. The van der Waals surface area contributed by atoms with Gasteiger partial charge in [-0.1, -0.05) is 11.8 Å². The van der Waals surface area contributed by atoms with Gasteiger partial charge >= 0.3 is 0 Å². The first-order chi connectivity index (χ1) is 3.00. The smallest absolute Gasteiger partial charge is 0.0968 e. The lowest BCUT2D eigenvalue weighted by Gasteiger charge is -1.91. The van der Waals surface area contributed by atoms with Gasteiger partial charge in [0.1, 0.15) is 0 Å². The molecule has 0 fully saturated rings. The van der Waals surface area contributed by atoms with Gasteiger partial charge in [0.05, 0.1) is 20.9 Å². The third-order valence-electron chi connectivity index (χ3n) is 0.425. The molecular formula is C4H7BOS. The summed E-state index contributed by atoms with van der Waals surface area (Å²) >= 11 is 1.61. The summed E-state index contributed by atoms with van der Waals surface area (Å²) in [6.45, 7) is 0. The van der Waals surface area contributed by atoms with E-state index in [1.54, 1.807) is 24.3 Å². The van der Waals surface area contributed by atoms with Crippen LogP contribution in [0.5, 0.6) is 0 Å². The Morgan fingerprint density at radius 3 is 1.86 bits per heavy atom. The zero-order valence-corrected chi connectivity index (χ0v) is 3.94. The van der Waals surface area contributed by atoms with Crippen molar-refractivity contribution in [1.29, 1.82) is 0 Å². The van der Waals surface area contributed by atoms with Gasteiger partial charge in [0, 0.05) is 10.8 Å². The Bertz CT molecular complexity index is 69.7. The van der Waals surface area contributed by atoms with E-state index in [0.29, 0.717) is 0 Å². The summed E-state index contributed by atoms with van der Waals surface area (Å²) in [6.07, 6.45) is 3.29. The van der Waals surface area contributed by atoms with Gasteiger partial charge in [-0.3, -0.25) is 0 Å². The molecule has 1 nitrogen and oxygen atoms in total. The summed E-state index contributed by atoms with van der Waals surface area (Å²) < 4.78 is 4.69. The summed E-state index contributed by atoms with van der Waals surface area (Å²) in [5.41, 5.74) is 0. The van der Waals surface area contributed by atoms with Crippen LogP contribution in [-0.4, -0.2) is 8.41 Å².